The number of rotatable bonds is 6. The molecule has 2 aliphatic rings. The van der Waals surface area contributed by atoms with E-state index in [0.717, 1.165) is 25.8 Å². The zero-order chi connectivity index (χ0) is 15.4. The van der Waals surface area contributed by atoms with Gasteiger partial charge in [0.2, 0.25) is 11.8 Å². The molecule has 120 valence electrons. The van der Waals surface area contributed by atoms with E-state index in [4.69, 9.17) is 5.73 Å². The first kappa shape index (κ1) is 16.3. The Bertz CT molecular complexity index is 382. The van der Waals surface area contributed by atoms with Gasteiger partial charge in [0.1, 0.15) is 0 Å². The lowest BCUT2D eigenvalue weighted by atomic mass is 9.95. The van der Waals surface area contributed by atoms with Crippen LogP contribution in [0.5, 0.6) is 0 Å². The van der Waals surface area contributed by atoms with Gasteiger partial charge < -0.3 is 16.0 Å². The third-order valence-corrected chi connectivity index (χ3v) is 4.88. The number of amides is 2. The van der Waals surface area contributed by atoms with Gasteiger partial charge in [0, 0.05) is 31.6 Å². The van der Waals surface area contributed by atoms with E-state index in [1.54, 1.807) is 0 Å². The summed E-state index contributed by atoms with van der Waals surface area (Å²) in [4.78, 5) is 26.3. The molecule has 1 aliphatic heterocycles. The highest BCUT2D eigenvalue weighted by molar-refractivity contribution is 5.82. The first-order valence-electron chi connectivity index (χ1n) is 8.35. The molecule has 3 unspecified atom stereocenters. The molecule has 1 saturated carbocycles. The van der Waals surface area contributed by atoms with Crippen LogP contribution in [-0.2, 0) is 9.59 Å². The summed E-state index contributed by atoms with van der Waals surface area (Å²) in [5.41, 5.74) is 6.01. The van der Waals surface area contributed by atoms with Gasteiger partial charge in [0.05, 0.1) is 5.92 Å². The van der Waals surface area contributed by atoms with Crippen molar-refractivity contribution in [3.05, 3.63) is 0 Å². The third-order valence-electron chi connectivity index (χ3n) is 4.88. The molecule has 2 fully saturated rings. The van der Waals surface area contributed by atoms with Crippen molar-refractivity contribution in [1.82, 2.24) is 10.2 Å². The standard InChI is InChI=1S/C16H29N3O2/c1-3-11(2)16(21)19-8-4-5-13(10-19)15(20)18-9-14(17)12-6-7-12/h11-14H,3-10,17H2,1-2H3,(H,18,20). The van der Waals surface area contributed by atoms with Crippen molar-refractivity contribution in [3.8, 4) is 0 Å². The predicted molar refractivity (Wildman–Crippen MR) is 82.5 cm³/mol. The highest BCUT2D eigenvalue weighted by Gasteiger charge is 2.32. The number of hydrogen-bond donors (Lipinski definition) is 2. The Labute approximate surface area is 127 Å². The molecule has 21 heavy (non-hydrogen) atoms. The molecule has 1 heterocycles. The van der Waals surface area contributed by atoms with E-state index < -0.39 is 0 Å². The van der Waals surface area contributed by atoms with Crippen molar-refractivity contribution in [2.75, 3.05) is 19.6 Å². The van der Waals surface area contributed by atoms with Crippen molar-refractivity contribution in [3.63, 3.8) is 0 Å². The van der Waals surface area contributed by atoms with Crippen LogP contribution >= 0.6 is 0 Å². The van der Waals surface area contributed by atoms with E-state index in [-0.39, 0.29) is 29.7 Å². The Hall–Kier alpha value is -1.10. The minimum atomic E-state index is -0.0711. The van der Waals surface area contributed by atoms with Crippen LogP contribution in [-0.4, -0.2) is 42.4 Å². The van der Waals surface area contributed by atoms with Crippen LogP contribution in [0.4, 0.5) is 0 Å². The van der Waals surface area contributed by atoms with Crippen LogP contribution < -0.4 is 11.1 Å². The van der Waals surface area contributed by atoms with Crippen molar-refractivity contribution in [1.29, 1.82) is 0 Å². The molecule has 3 atom stereocenters. The van der Waals surface area contributed by atoms with E-state index >= 15 is 0 Å². The molecular weight excluding hydrogens is 266 g/mol. The lowest BCUT2D eigenvalue weighted by Crippen LogP contribution is -2.48. The summed E-state index contributed by atoms with van der Waals surface area (Å²) < 4.78 is 0. The van der Waals surface area contributed by atoms with E-state index in [9.17, 15) is 9.59 Å². The van der Waals surface area contributed by atoms with E-state index in [2.05, 4.69) is 5.32 Å². The fourth-order valence-corrected chi connectivity index (χ4v) is 2.93. The van der Waals surface area contributed by atoms with Gasteiger partial charge in [0.15, 0.2) is 0 Å². The number of carbonyl (C=O) groups excluding carboxylic acids is 2. The second kappa shape index (κ2) is 7.25. The molecule has 5 nitrogen and oxygen atoms in total. The number of nitrogens with zero attached hydrogens (tertiary/aromatic N) is 1. The zero-order valence-electron chi connectivity index (χ0n) is 13.3. The van der Waals surface area contributed by atoms with Crippen molar-refractivity contribution >= 4 is 11.8 Å². The fourth-order valence-electron chi connectivity index (χ4n) is 2.93. The number of nitrogens with two attached hydrogens (primary N) is 1. The fraction of sp³-hybridized carbons (Fsp3) is 0.875. The van der Waals surface area contributed by atoms with Crippen LogP contribution in [0.15, 0.2) is 0 Å². The molecule has 2 rings (SSSR count). The second-order valence-electron chi connectivity index (χ2n) is 6.68. The van der Waals surface area contributed by atoms with Crippen molar-refractivity contribution in [2.24, 2.45) is 23.5 Å². The topological polar surface area (TPSA) is 75.4 Å². The molecule has 5 heteroatoms. The van der Waals surface area contributed by atoms with Crippen LogP contribution in [0.3, 0.4) is 0 Å². The molecule has 0 aromatic heterocycles. The molecule has 2 amide bonds. The first-order chi connectivity index (χ1) is 10.0. The Morgan fingerprint density at radius 3 is 2.67 bits per heavy atom. The van der Waals surface area contributed by atoms with Crippen LogP contribution in [0.2, 0.25) is 0 Å². The Morgan fingerprint density at radius 1 is 1.33 bits per heavy atom. The molecule has 0 radical (unpaired) electrons. The van der Waals surface area contributed by atoms with Gasteiger partial charge in [0.25, 0.3) is 0 Å². The molecule has 3 N–H and O–H groups in total. The number of likely N-dealkylation sites (tertiary alicyclic amines) is 1. The van der Waals surface area contributed by atoms with E-state index in [1.807, 2.05) is 18.7 Å². The maximum Gasteiger partial charge on any atom is 0.225 e. The maximum absolute atomic E-state index is 12.2. The zero-order valence-corrected chi connectivity index (χ0v) is 13.3. The Balaban J connectivity index is 1.79. The average Bonchev–Trinajstić information content (AvgIpc) is 3.35. The average molecular weight is 295 g/mol. The largest absolute Gasteiger partial charge is 0.354 e. The van der Waals surface area contributed by atoms with Gasteiger partial charge in [-0.3, -0.25) is 9.59 Å². The number of nitrogens with one attached hydrogen (secondary N) is 1. The number of carbonyl (C=O) groups is 2. The monoisotopic (exact) mass is 295 g/mol. The lowest BCUT2D eigenvalue weighted by molar-refractivity contribution is -0.138. The van der Waals surface area contributed by atoms with Crippen LogP contribution in [0.25, 0.3) is 0 Å². The molecule has 0 aromatic carbocycles. The highest BCUT2D eigenvalue weighted by atomic mass is 16.2. The van der Waals surface area contributed by atoms with Gasteiger partial charge in [-0.15, -0.1) is 0 Å². The van der Waals surface area contributed by atoms with Crippen molar-refractivity contribution < 1.29 is 9.59 Å². The Morgan fingerprint density at radius 2 is 2.05 bits per heavy atom. The highest BCUT2D eigenvalue weighted by Crippen LogP contribution is 2.31. The van der Waals surface area contributed by atoms with Gasteiger partial charge >= 0.3 is 0 Å². The molecule has 1 aliphatic carbocycles. The minimum Gasteiger partial charge on any atom is -0.354 e. The Kier molecular flexibility index (Phi) is 5.62. The third kappa shape index (κ3) is 4.43. The summed E-state index contributed by atoms with van der Waals surface area (Å²) >= 11 is 0. The summed E-state index contributed by atoms with van der Waals surface area (Å²) in [6.07, 6.45) is 5.02. The predicted octanol–water partition coefficient (Wildman–Crippen LogP) is 1.12. The number of hydrogen-bond acceptors (Lipinski definition) is 3. The van der Waals surface area contributed by atoms with E-state index in [0.29, 0.717) is 19.0 Å². The molecule has 0 bridgehead atoms. The smallest absolute Gasteiger partial charge is 0.225 e. The summed E-state index contributed by atoms with van der Waals surface area (Å²) in [6.45, 7) is 5.90. The SMILES string of the molecule is CCC(C)C(=O)N1CCCC(C(=O)NCC(N)C2CC2)C1. The summed E-state index contributed by atoms with van der Waals surface area (Å²) in [5.74, 6) is 0.825. The molecule has 1 saturated heterocycles. The molecule has 0 spiro atoms. The first-order valence-corrected chi connectivity index (χ1v) is 8.35. The second-order valence-corrected chi connectivity index (χ2v) is 6.68. The van der Waals surface area contributed by atoms with Crippen molar-refractivity contribution in [2.45, 2.75) is 52.0 Å². The quantitative estimate of drug-likeness (QED) is 0.771. The summed E-state index contributed by atoms with van der Waals surface area (Å²) in [5, 5.41) is 2.97. The minimum absolute atomic E-state index is 0.0510. The normalized spacial score (nSPS) is 25.3. The van der Waals surface area contributed by atoms with E-state index in [1.165, 1.54) is 12.8 Å². The van der Waals surface area contributed by atoms with Gasteiger partial charge in [-0.05, 0) is 38.0 Å². The van der Waals surface area contributed by atoms with Crippen LogP contribution in [0, 0.1) is 17.8 Å². The molecule has 0 aromatic rings. The van der Waals surface area contributed by atoms with Gasteiger partial charge in [-0.1, -0.05) is 13.8 Å². The lowest BCUT2D eigenvalue weighted by Gasteiger charge is -2.33. The summed E-state index contributed by atoms with van der Waals surface area (Å²) in [7, 11) is 0. The number of piperidine rings is 1. The van der Waals surface area contributed by atoms with Gasteiger partial charge in [-0.2, -0.15) is 0 Å². The molecular formula is C16H29N3O2. The van der Waals surface area contributed by atoms with Gasteiger partial charge in [-0.25, -0.2) is 0 Å². The summed E-state index contributed by atoms with van der Waals surface area (Å²) in [6, 6.07) is 0.0930. The maximum atomic E-state index is 12.2. The van der Waals surface area contributed by atoms with Crippen LogP contribution in [0.1, 0.15) is 46.0 Å².